The van der Waals surface area contributed by atoms with Gasteiger partial charge in [-0.2, -0.15) is 4.98 Å². The number of hydrogen-bond donors (Lipinski definition) is 0. The van der Waals surface area contributed by atoms with Crippen molar-refractivity contribution in [3.8, 4) is 17.2 Å². The molecule has 3 aromatic rings. The lowest BCUT2D eigenvalue weighted by molar-refractivity contribution is 0.0787. The summed E-state index contributed by atoms with van der Waals surface area (Å²) in [6.45, 7) is 3.49. The Hall–Kier alpha value is -3.15. The molecule has 0 bridgehead atoms. The highest BCUT2D eigenvalue weighted by atomic mass is 16.5. The van der Waals surface area contributed by atoms with E-state index in [0.29, 0.717) is 24.1 Å². The number of methoxy groups -OCH3 is 1. The first kappa shape index (κ1) is 18.2. The van der Waals surface area contributed by atoms with Crippen LogP contribution in [-0.2, 0) is 6.42 Å². The van der Waals surface area contributed by atoms with Crippen LogP contribution >= 0.6 is 0 Å². The summed E-state index contributed by atoms with van der Waals surface area (Å²) >= 11 is 0. The number of amides is 1. The lowest BCUT2D eigenvalue weighted by Gasteiger charge is -2.16. The molecule has 1 saturated heterocycles. The van der Waals surface area contributed by atoms with Crippen molar-refractivity contribution in [3.05, 3.63) is 65.5 Å². The fraction of sp³-hybridized carbons (Fsp3) is 0.318. The first-order chi connectivity index (χ1) is 13.6. The molecule has 1 atom stereocenters. The predicted octanol–water partition coefficient (Wildman–Crippen LogP) is 3.76. The lowest BCUT2D eigenvalue weighted by atomic mass is 10.0. The van der Waals surface area contributed by atoms with Crippen molar-refractivity contribution < 1.29 is 14.1 Å². The number of rotatable bonds is 5. The van der Waals surface area contributed by atoms with Crippen molar-refractivity contribution in [2.75, 3.05) is 20.2 Å². The molecule has 1 aliphatic heterocycles. The zero-order valence-corrected chi connectivity index (χ0v) is 16.1. The maximum atomic E-state index is 12.7. The van der Waals surface area contributed by atoms with E-state index in [9.17, 15) is 4.79 Å². The summed E-state index contributed by atoms with van der Waals surface area (Å²) in [5.41, 5.74) is 2.71. The van der Waals surface area contributed by atoms with Gasteiger partial charge in [-0.15, -0.1) is 0 Å². The highest BCUT2D eigenvalue weighted by Crippen LogP contribution is 2.24. The maximum absolute atomic E-state index is 12.7. The molecular weight excluding hydrogens is 354 g/mol. The van der Waals surface area contributed by atoms with Gasteiger partial charge in [-0.25, -0.2) is 0 Å². The third-order valence-corrected chi connectivity index (χ3v) is 5.11. The Bertz CT molecular complexity index is 965. The monoisotopic (exact) mass is 377 g/mol. The van der Waals surface area contributed by atoms with Gasteiger partial charge in [0, 0.05) is 30.6 Å². The Morgan fingerprint density at radius 3 is 2.82 bits per heavy atom. The quantitative estimate of drug-likeness (QED) is 0.677. The van der Waals surface area contributed by atoms with Gasteiger partial charge >= 0.3 is 0 Å². The highest BCUT2D eigenvalue weighted by Gasteiger charge is 2.28. The molecule has 0 saturated carbocycles. The van der Waals surface area contributed by atoms with Crippen molar-refractivity contribution in [1.29, 1.82) is 0 Å². The summed E-state index contributed by atoms with van der Waals surface area (Å²) in [4.78, 5) is 19.1. The second-order valence-electron chi connectivity index (χ2n) is 7.22. The molecule has 1 amide bonds. The molecular formula is C22H23N3O3. The summed E-state index contributed by atoms with van der Waals surface area (Å²) in [7, 11) is 1.63. The summed E-state index contributed by atoms with van der Waals surface area (Å²) in [6, 6.07) is 15.3. The van der Waals surface area contributed by atoms with Crippen LogP contribution in [0.2, 0.25) is 0 Å². The van der Waals surface area contributed by atoms with Gasteiger partial charge in [0.1, 0.15) is 5.75 Å². The average Bonchev–Trinajstić information content (AvgIpc) is 3.38. The Kier molecular flexibility index (Phi) is 5.10. The molecule has 0 N–H and O–H groups in total. The van der Waals surface area contributed by atoms with E-state index < -0.39 is 0 Å². The fourth-order valence-corrected chi connectivity index (χ4v) is 3.59. The van der Waals surface area contributed by atoms with Crippen LogP contribution in [0.1, 0.15) is 28.2 Å². The van der Waals surface area contributed by atoms with E-state index in [0.717, 1.165) is 42.0 Å². The summed E-state index contributed by atoms with van der Waals surface area (Å²) < 4.78 is 10.6. The third kappa shape index (κ3) is 3.91. The minimum absolute atomic E-state index is 0.0956. The number of carbonyl (C=O) groups excluding carboxylic acids is 1. The second-order valence-corrected chi connectivity index (χ2v) is 7.22. The van der Waals surface area contributed by atoms with E-state index in [1.165, 1.54) is 0 Å². The van der Waals surface area contributed by atoms with Crippen LogP contribution in [0.4, 0.5) is 0 Å². The van der Waals surface area contributed by atoms with E-state index >= 15 is 0 Å². The van der Waals surface area contributed by atoms with Crippen molar-refractivity contribution in [1.82, 2.24) is 15.0 Å². The van der Waals surface area contributed by atoms with Crippen molar-refractivity contribution >= 4 is 5.91 Å². The average molecular weight is 377 g/mol. The molecule has 144 valence electrons. The zero-order valence-electron chi connectivity index (χ0n) is 16.1. The van der Waals surface area contributed by atoms with Crippen molar-refractivity contribution in [2.24, 2.45) is 5.92 Å². The summed E-state index contributed by atoms with van der Waals surface area (Å²) in [5.74, 6) is 2.41. The summed E-state index contributed by atoms with van der Waals surface area (Å²) in [6.07, 6.45) is 1.65. The molecule has 2 aromatic carbocycles. The van der Waals surface area contributed by atoms with Gasteiger partial charge in [0.2, 0.25) is 0 Å². The van der Waals surface area contributed by atoms with Gasteiger partial charge in [-0.3, -0.25) is 4.79 Å². The largest absolute Gasteiger partial charge is 0.497 e. The van der Waals surface area contributed by atoms with Crippen LogP contribution in [0.15, 0.2) is 53.1 Å². The van der Waals surface area contributed by atoms with E-state index in [-0.39, 0.29) is 5.91 Å². The van der Waals surface area contributed by atoms with Gasteiger partial charge in [0.05, 0.1) is 7.11 Å². The fourth-order valence-electron chi connectivity index (χ4n) is 3.59. The Morgan fingerprint density at radius 2 is 2.07 bits per heavy atom. The first-order valence-corrected chi connectivity index (χ1v) is 9.45. The van der Waals surface area contributed by atoms with Crippen LogP contribution in [0.25, 0.3) is 11.5 Å². The van der Waals surface area contributed by atoms with Crippen LogP contribution in [0, 0.1) is 12.8 Å². The molecule has 4 rings (SSSR count). The van der Waals surface area contributed by atoms with Crippen LogP contribution in [0.3, 0.4) is 0 Å². The minimum atomic E-state index is 0.0956. The number of carbonyl (C=O) groups is 1. The normalized spacial score (nSPS) is 16.4. The van der Waals surface area contributed by atoms with Crippen molar-refractivity contribution in [2.45, 2.75) is 19.8 Å². The Balaban J connectivity index is 1.38. The van der Waals surface area contributed by atoms with E-state index in [1.54, 1.807) is 7.11 Å². The molecule has 1 unspecified atom stereocenters. The molecule has 0 radical (unpaired) electrons. The minimum Gasteiger partial charge on any atom is -0.497 e. The number of hydrogen-bond acceptors (Lipinski definition) is 5. The zero-order chi connectivity index (χ0) is 19.5. The SMILES string of the molecule is COc1ccc(-c2nc(CC3CCN(C(=O)c4cccc(C)c4)C3)no2)cc1. The predicted molar refractivity (Wildman–Crippen MR) is 105 cm³/mol. The molecule has 0 spiro atoms. The van der Waals surface area contributed by atoms with Gasteiger partial charge in [0.15, 0.2) is 5.82 Å². The number of likely N-dealkylation sites (tertiary alicyclic amines) is 1. The molecule has 1 aromatic heterocycles. The second kappa shape index (κ2) is 7.84. The van der Waals surface area contributed by atoms with Crippen LogP contribution in [-0.4, -0.2) is 41.1 Å². The van der Waals surface area contributed by atoms with Crippen molar-refractivity contribution in [3.63, 3.8) is 0 Å². The Labute approximate surface area is 164 Å². The Morgan fingerprint density at radius 1 is 1.25 bits per heavy atom. The van der Waals surface area contributed by atoms with Crippen LogP contribution in [0.5, 0.6) is 5.75 Å². The number of aromatic nitrogens is 2. The molecule has 28 heavy (non-hydrogen) atoms. The molecule has 6 heteroatoms. The topological polar surface area (TPSA) is 68.5 Å². The third-order valence-electron chi connectivity index (χ3n) is 5.11. The molecule has 1 fully saturated rings. The number of aryl methyl sites for hydroxylation is 1. The molecule has 1 aliphatic rings. The highest BCUT2D eigenvalue weighted by molar-refractivity contribution is 5.94. The van der Waals surface area contributed by atoms with Crippen LogP contribution < -0.4 is 4.74 Å². The van der Waals surface area contributed by atoms with Gasteiger partial charge in [-0.05, 0) is 55.7 Å². The molecule has 2 heterocycles. The number of nitrogens with zero attached hydrogens (tertiary/aromatic N) is 3. The van der Waals surface area contributed by atoms with E-state index in [4.69, 9.17) is 9.26 Å². The lowest BCUT2D eigenvalue weighted by Crippen LogP contribution is -2.29. The smallest absolute Gasteiger partial charge is 0.257 e. The number of ether oxygens (including phenoxy) is 1. The first-order valence-electron chi connectivity index (χ1n) is 9.45. The standard InChI is InChI=1S/C22H23N3O3/c1-15-4-3-5-18(12-15)22(26)25-11-10-16(14-25)13-20-23-21(28-24-20)17-6-8-19(27-2)9-7-17/h3-9,12,16H,10-11,13-14H2,1-2H3. The van der Waals surface area contributed by atoms with Gasteiger partial charge < -0.3 is 14.2 Å². The van der Waals surface area contributed by atoms with Gasteiger partial charge in [-0.1, -0.05) is 22.9 Å². The molecule has 6 nitrogen and oxygen atoms in total. The number of benzene rings is 2. The van der Waals surface area contributed by atoms with Gasteiger partial charge in [0.25, 0.3) is 11.8 Å². The van der Waals surface area contributed by atoms with E-state index in [2.05, 4.69) is 10.1 Å². The maximum Gasteiger partial charge on any atom is 0.257 e. The molecule has 0 aliphatic carbocycles. The summed E-state index contributed by atoms with van der Waals surface area (Å²) in [5, 5.41) is 4.12. The van der Waals surface area contributed by atoms with E-state index in [1.807, 2.05) is 60.4 Å².